The van der Waals surface area contributed by atoms with Crippen molar-refractivity contribution in [3.63, 3.8) is 0 Å². The number of aliphatic hydroxyl groups is 1. The highest BCUT2D eigenvalue weighted by atomic mass is 28.3. The van der Waals surface area contributed by atoms with E-state index in [9.17, 15) is 14.7 Å². The summed E-state index contributed by atoms with van der Waals surface area (Å²) in [6.45, 7) is 7.34. The summed E-state index contributed by atoms with van der Waals surface area (Å²) >= 11 is 0. The van der Waals surface area contributed by atoms with Crippen LogP contribution in [-0.4, -0.2) is 65.5 Å². The lowest BCUT2D eigenvalue weighted by molar-refractivity contribution is -0.151. The third-order valence-corrected chi connectivity index (χ3v) is 17.5. The average Bonchev–Trinajstić information content (AvgIpc) is 3.83. The Bertz CT molecular complexity index is 2580. The van der Waals surface area contributed by atoms with Gasteiger partial charge in [-0.25, -0.2) is 4.68 Å². The summed E-state index contributed by atoms with van der Waals surface area (Å²) in [4.78, 5) is 46.7. The van der Waals surface area contributed by atoms with Crippen molar-refractivity contribution in [2.45, 2.75) is 69.2 Å². The molecule has 1 spiro atoms. The van der Waals surface area contributed by atoms with Crippen LogP contribution in [0.4, 0.5) is 5.69 Å². The molecular formula is C47H48N4O6Si. The number of aliphatic hydroxyl groups excluding tert-OH is 1. The molecule has 3 aliphatic heterocycles. The van der Waals surface area contributed by atoms with Crippen LogP contribution in [0.2, 0.25) is 18.6 Å². The number of fused-ring (bicyclic) bond motifs is 4. The number of carbonyl (C=O) groups excluding carboxylic acids is 2. The number of hydrogen-bond acceptors (Lipinski definition) is 6. The molecular weight excluding hydrogens is 745 g/mol. The standard InChI is InChI=1S/C47H48N4O6Si/c1-30-44(58(3,4)37-23-21-36(56-2)22-24-37)42(26-43(53)49-28-33-12-6-5-11-32(33)25-35(49)29-52)57-47(30)39-14-8-10-16-41(39)50(46(47)55)27-31-17-19-34(20-18-31)51-45(54)38-13-7-9-15-40(38)48-51/h5-24,30,35,42,44,48,52H,25-29H2,1-4H3/t30-,35+,42+,44-,47+/m1/s1. The van der Waals surface area contributed by atoms with Gasteiger partial charge in [-0.15, -0.1) is 0 Å². The fraction of sp³-hybridized carbons (Fsp3) is 0.298. The quantitative estimate of drug-likeness (QED) is 0.163. The van der Waals surface area contributed by atoms with E-state index < -0.39 is 19.8 Å². The van der Waals surface area contributed by atoms with E-state index in [1.54, 1.807) is 7.11 Å². The molecule has 1 aromatic heterocycles. The van der Waals surface area contributed by atoms with Gasteiger partial charge in [-0.2, -0.15) is 0 Å². The lowest BCUT2D eigenvalue weighted by Crippen LogP contribution is -2.52. The van der Waals surface area contributed by atoms with E-state index in [0.29, 0.717) is 30.6 Å². The number of hydrogen-bond donors (Lipinski definition) is 2. The normalized spacial score (nSPS) is 22.7. The van der Waals surface area contributed by atoms with Gasteiger partial charge in [-0.05, 0) is 71.1 Å². The average molecular weight is 793 g/mol. The van der Waals surface area contributed by atoms with Crippen LogP contribution in [0.3, 0.4) is 0 Å². The molecule has 6 aromatic rings. The van der Waals surface area contributed by atoms with E-state index in [0.717, 1.165) is 39.2 Å². The first-order valence-corrected chi connectivity index (χ1v) is 23.1. The van der Waals surface area contributed by atoms with E-state index in [2.05, 4.69) is 43.3 Å². The van der Waals surface area contributed by atoms with Gasteiger partial charge in [0.25, 0.3) is 11.5 Å². The molecule has 4 heterocycles. The molecule has 5 aromatic carbocycles. The van der Waals surface area contributed by atoms with Crippen LogP contribution in [0.1, 0.15) is 35.6 Å². The largest absolute Gasteiger partial charge is 0.497 e. The minimum atomic E-state index is -2.51. The summed E-state index contributed by atoms with van der Waals surface area (Å²) in [6.07, 6.45) is 0.111. The summed E-state index contributed by atoms with van der Waals surface area (Å²) in [5.41, 5.74) is 4.63. The third-order valence-electron chi connectivity index (χ3n) is 13.1. The third kappa shape index (κ3) is 6.02. The summed E-state index contributed by atoms with van der Waals surface area (Å²) in [5, 5.41) is 15.5. The molecule has 3 aliphatic rings. The van der Waals surface area contributed by atoms with Crippen LogP contribution >= 0.6 is 0 Å². The van der Waals surface area contributed by atoms with Crippen molar-refractivity contribution in [2.75, 3.05) is 18.6 Å². The van der Waals surface area contributed by atoms with Crippen LogP contribution in [0.15, 0.2) is 126 Å². The molecule has 0 radical (unpaired) electrons. The Morgan fingerprint density at radius 3 is 2.31 bits per heavy atom. The van der Waals surface area contributed by atoms with Crippen molar-refractivity contribution >= 4 is 41.7 Å². The predicted octanol–water partition coefficient (Wildman–Crippen LogP) is 6.43. The number of carbonyl (C=O) groups is 2. The molecule has 9 rings (SSSR count). The number of H-pyrrole nitrogens is 1. The van der Waals surface area contributed by atoms with Gasteiger partial charge in [0.15, 0.2) is 5.60 Å². The number of nitrogens with zero attached hydrogens (tertiary/aromatic N) is 3. The maximum absolute atomic E-state index is 15.3. The fourth-order valence-electron chi connectivity index (χ4n) is 10.1. The maximum atomic E-state index is 15.3. The minimum Gasteiger partial charge on any atom is -0.497 e. The number of anilines is 1. The first-order valence-electron chi connectivity index (χ1n) is 20.0. The van der Waals surface area contributed by atoms with Gasteiger partial charge < -0.3 is 24.4 Å². The molecule has 2 amide bonds. The monoisotopic (exact) mass is 792 g/mol. The first kappa shape index (κ1) is 37.8. The van der Waals surface area contributed by atoms with Gasteiger partial charge in [0.1, 0.15) is 5.75 Å². The van der Waals surface area contributed by atoms with Crippen LogP contribution < -0.4 is 20.4 Å². The van der Waals surface area contributed by atoms with Crippen molar-refractivity contribution in [3.05, 3.63) is 154 Å². The zero-order chi connectivity index (χ0) is 40.3. The zero-order valence-corrected chi connectivity index (χ0v) is 34.2. The Balaban J connectivity index is 1.06. The summed E-state index contributed by atoms with van der Waals surface area (Å²) in [7, 11) is -0.851. The summed E-state index contributed by atoms with van der Waals surface area (Å²) in [5.74, 6) is 0.262. The number of benzene rings is 5. The molecule has 1 fully saturated rings. The van der Waals surface area contributed by atoms with E-state index in [-0.39, 0.29) is 47.9 Å². The molecule has 5 atom stereocenters. The Labute approximate surface area is 338 Å². The number of nitrogens with one attached hydrogen (secondary N) is 1. The molecule has 296 valence electrons. The second-order valence-electron chi connectivity index (χ2n) is 16.6. The molecule has 0 aliphatic carbocycles. The smallest absolute Gasteiger partial charge is 0.279 e. The zero-order valence-electron chi connectivity index (χ0n) is 33.2. The molecule has 11 heteroatoms. The van der Waals surface area contributed by atoms with Gasteiger partial charge in [0.2, 0.25) is 5.91 Å². The molecule has 0 saturated carbocycles. The minimum absolute atomic E-state index is 0.0860. The number of rotatable bonds is 9. The second-order valence-corrected chi connectivity index (χ2v) is 21.3. The molecule has 1 saturated heterocycles. The van der Waals surface area contributed by atoms with Crippen molar-refractivity contribution in [2.24, 2.45) is 5.92 Å². The number of aromatic nitrogens is 2. The van der Waals surface area contributed by atoms with Crippen molar-refractivity contribution in [3.8, 4) is 11.4 Å². The number of amides is 2. The van der Waals surface area contributed by atoms with E-state index in [4.69, 9.17) is 9.47 Å². The maximum Gasteiger partial charge on any atom is 0.279 e. The summed E-state index contributed by atoms with van der Waals surface area (Å²) in [6, 6.07) is 39.0. The highest BCUT2D eigenvalue weighted by molar-refractivity contribution is 6.91. The van der Waals surface area contributed by atoms with Gasteiger partial charge in [0, 0.05) is 18.0 Å². The number of methoxy groups -OCH3 is 1. The lowest BCUT2D eigenvalue weighted by Gasteiger charge is -2.39. The fourth-order valence-corrected chi connectivity index (χ4v) is 14.1. The Hall–Kier alpha value is -5.75. The molecule has 10 nitrogen and oxygen atoms in total. The van der Waals surface area contributed by atoms with Gasteiger partial charge in [-0.1, -0.05) is 104 Å². The second kappa shape index (κ2) is 14.6. The lowest BCUT2D eigenvalue weighted by atomic mass is 9.82. The van der Waals surface area contributed by atoms with E-state index in [1.165, 1.54) is 9.87 Å². The number of ether oxygens (including phenoxy) is 2. The van der Waals surface area contributed by atoms with Crippen LogP contribution in [0, 0.1) is 5.92 Å². The molecule has 0 unspecified atom stereocenters. The van der Waals surface area contributed by atoms with Crippen LogP contribution in [0.5, 0.6) is 5.75 Å². The Kier molecular flexibility index (Phi) is 9.49. The Morgan fingerprint density at radius 2 is 1.59 bits per heavy atom. The topological polar surface area (TPSA) is 117 Å². The molecule has 2 N–H and O–H groups in total. The molecule has 0 bridgehead atoms. The van der Waals surface area contributed by atoms with E-state index >= 15 is 4.79 Å². The predicted molar refractivity (Wildman–Crippen MR) is 227 cm³/mol. The summed E-state index contributed by atoms with van der Waals surface area (Å²) < 4.78 is 14.3. The highest BCUT2D eigenvalue weighted by Crippen LogP contribution is 2.60. The van der Waals surface area contributed by atoms with Gasteiger partial charge in [0.05, 0.1) is 69.2 Å². The van der Waals surface area contributed by atoms with Crippen molar-refractivity contribution in [1.82, 2.24) is 14.7 Å². The Morgan fingerprint density at radius 1 is 0.897 bits per heavy atom. The first-order chi connectivity index (χ1) is 28.0. The highest BCUT2D eigenvalue weighted by Gasteiger charge is 2.66. The number of para-hydroxylation sites is 2. The van der Waals surface area contributed by atoms with Gasteiger partial charge >= 0.3 is 0 Å². The van der Waals surface area contributed by atoms with Crippen LogP contribution in [-0.2, 0) is 39.4 Å². The number of aromatic amines is 1. The van der Waals surface area contributed by atoms with Crippen molar-refractivity contribution in [1.29, 1.82) is 0 Å². The molecule has 58 heavy (non-hydrogen) atoms. The van der Waals surface area contributed by atoms with Crippen molar-refractivity contribution < 1.29 is 24.2 Å². The SMILES string of the molecule is COc1ccc([Si](C)(C)[C@H]2[C@H](CC(=O)N3Cc4ccccc4C[C@H]3CO)O[C@@]3(C(=O)N(Cc4ccc(-n5[nH]c6ccccc6c5=O)cc4)c4ccccc43)[C@@H]2C)cc1. The van der Waals surface area contributed by atoms with E-state index in [1.807, 2.05) is 113 Å². The van der Waals surface area contributed by atoms with Crippen LogP contribution in [0.25, 0.3) is 16.6 Å². The van der Waals surface area contributed by atoms with Gasteiger partial charge in [-0.3, -0.25) is 19.5 Å².